The Morgan fingerprint density at radius 2 is 2.31 bits per heavy atom. The molecule has 3 nitrogen and oxygen atoms in total. The van der Waals surface area contributed by atoms with Crippen molar-refractivity contribution in [2.45, 2.75) is 19.3 Å². The molecule has 0 aromatic heterocycles. The van der Waals surface area contributed by atoms with Gasteiger partial charge >= 0.3 is 0 Å². The molecule has 1 N–H and O–H groups in total. The Morgan fingerprint density at radius 3 is 3.06 bits per heavy atom. The average Bonchev–Trinajstić information content (AvgIpc) is 2.35. The molecule has 1 aliphatic rings. The van der Waals surface area contributed by atoms with Gasteiger partial charge in [0.05, 0.1) is 13.7 Å². The second kappa shape index (κ2) is 5.21. The normalized spacial score (nSPS) is 14.1. The lowest BCUT2D eigenvalue weighted by Crippen LogP contribution is -2.15. The zero-order valence-electron chi connectivity index (χ0n) is 10.0. The predicted octanol–water partition coefficient (Wildman–Crippen LogP) is 1.78. The highest BCUT2D eigenvalue weighted by Crippen LogP contribution is 2.34. The van der Waals surface area contributed by atoms with E-state index in [0.717, 1.165) is 43.9 Å². The number of nitrogens with one attached hydrogen (secondary N) is 1. The Balaban J connectivity index is 2.35. The third-order valence-corrected chi connectivity index (χ3v) is 3.02. The molecule has 16 heavy (non-hydrogen) atoms. The standard InChI is InChI=1S/C13H19NO2/c1-14-8-7-11-10-4-3-9-16-13(10)6-5-12(11)15-2/h5-6,14H,3-4,7-9H2,1-2H3. The fourth-order valence-corrected chi connectivity index (χ4v) is 2.21. The van der Waals surface area contributed by atoms with E-state index >= 15 is 0 Å². The Kier molecular flexibility index (Phi) is 3.67. The minimum atomic E-state index is 0.838. The van der Waals surface area contributed by atoms with Gasteiger partial charge in [-0.15, -0.1) is 0 Å². The number of hydrogen-bond donors (Lipinski definition) is 1. The van der Waals surface area contributed by atoms with Crippen LogP contribution >= 0.6 is 0 Å². The van der Waals surface area contributed by atoms with Crippen molar-refractivity contribution in [1.82, 2.24) is 5.32 Å². The van der Waals surface area contributed by atoms with Gasteiger partial charge in [0.15, 0.2) is 0 Å². The lowest BCUT2D eigenvalue weighted by Gasteiger charge is -2.22. The number of methoxy groups -OCH3 is 1. The molecule has 0 radical (unpaired) electrons. The maximum atomic E-state index is 5.67. The SMILES string of the molecule is CNCCc1c(OC)ccc2c1CCCO2. The molecule has 0 unspecified atom stereocenters. The number of benzene rings is 1. The molecule has 0 amide bonds. The van der Waals surface area contributed by atoms with Crippen molar-refractivity contribution in [3.05, 3.63) is 23.3 Å². The van der Waals surface area contributed by atoms with Gasteiger partial charge in [0, 0.05) is 11.1 Å². The molecular weight excluding hydrogens is 202 g/mol. The Labute approximate surface area is 96.8 Å². The first-order valence-corrected chi connectivity index (χ1v) is 5.83. The zero-order valence-corrected chi connectivity index (χ0v) is 10.0. The summed E-state index contributed by atoms with van der Waals surface area (Å²) in [6, 6.07) is 4.03. The van der Waals surface area contributed by atoms with E-state index in [1.54, 1.807) is 7.11 Å². The van der Waals surface area contributed by atoms with Crippen molar-refractivity contribution in [3.63, 3.8) is 0 Å². The fourth-order valence-electron chi connectivity index (χ4n) is 2.21. The van der Waals surface area contributed by atoms with Gasteiger partial charge in [-0.1, -0.05) is 0 Å². The van der Waals surface area contributed by atoms with E-state index in [2.05, 4.69) is 5.32 Å². The van der Waals surface area contributed by atoms with E-state index < -0.39 is 0 Å². The van der Waals surface area contributed by atoms with E-state index in [-0.39, 0.29) is 0 Å². The van der Waals surface area contributed by atoms with E-state index in [9.17, 15) is 0 Å². The van der Waals surface area contributed by atoms with Gasteiger partial charge in [0.2, 0.25) is 0 Å². The smallest absolute Gasteiger partial charge is 0.123 e. The van der Waals surface area contributed by atoms with Crippen LogP contribution in [0.1, 0.15) is 17.5 Å². The van der Waals surface area contributed by atoms with Crippen molar-refractivity contribution in [1.29, 1.82) is 0 Å². The molecule has 1 heterocycles. The quantitative estimate of drug-likeness (QED) is 0.840. The van der Waals surface area contributed by atoms with Crippen LogP contribution in [0.15, 0.2) is 12.1 Å². The summed E-state index contributed by atoms with van der Waals surface area (Å²) in [6.07, 6.45) is 3.20. The molecule has 2 rings (SSSR count). The fraction of sp³-hybridized carbons (Fsp3) is 0.538. The van der Waals surface area contributed by atoms with Crippen LogP contribution in [0.5, 0.6) is 11.5 Å². The lowest BCUT2D eigenvalue weighted by molar-refractivity contribution is 0.286. The van der Waals surface area contributed by atoms with Gasteiger partial charge in [-0.2, -0.15) is 0 Å². The molecule has 0 saturated heterocycles. The van der Waals surface area contributed by atoms with Crippen LogP contribution in [0, 0.1) is 0 Å². The van der Waals surface area contributed by atoms with Crippen LogP contribution in [-0.2, 0) is 12.8 Å². The topological polar surface area (TPSA) is 30.5 Å². The number of hydrogen-bond acceptors (Lipinski definition) is 3. The monoisotopic (exact) mass is 221 g/mol. The molecule has 0 atom stereocenters. The second-order valence-corrected chi connectivity index (χ2v) is 4.03. The molecule has 0 saturated carbocycles. The lowest BCUT2D eigenvalue weighted by atomic mass is 9.97. The number of rotatable bonds is 4. The Morgan fingerprint density at radius 1 is 1.44 bits per heavy atom. The first-order chi connectivity index (χ1) is 7.86. The minimum Gasteiger partial charge on any atom is -0.496 e. The summed E-state index contributed by atoms with van der Waals surface area (Å²) >= 11 is 0. The molecule has 1 aromatic rings. The zero-order chi connectivity index (χ0) is 11.4. The van der Waals surface area contributed by atoms with Crippen LogP contribution in [0.4, 0.5) is 0 Å². The van der Waals surface area contributed by atoms with Gasteiger partial charge in [-0.25, -0.2) is 0 Å². The summed E-state index contributed by atoms with van der Waals surface area (Å²) in [5.41, 5.74) is 2.63. The number of ether oxygens (including phenoxy) is 2. The van der Waals surface area contributed by atoms with Crippen LogP contribution in [0.2, 0.25) is 0 Å². The summed E-state index contributed by atoms with van der Waals surface area (Å²) in [5.74, 6) is 2.03. The van der Waals surface area contributed by atoms with Crippen LogP contribution in [0.25, 0.3) is 0 Å². The predicted molar refractivity (Wildman–Crippen MR) is 64.4 cm³/mol. The van der Waals surface area contributed by atoms with E-state index in [1.165, 1.54) is 11.1 Å². The van der Waals surface area contributed by atoms with E-state index in [4.69, 9.17) is 9.47 Å². The van der Waals surface area contributed by atoms with E-state index in [1.807, 2.05) is 19.2 Å². The largest absolute Gasteiger partial charge is 0.496 e. The molecule has 1 aromatic carbocycles. The minimum absolute atomic E-state index is 0.838. The van der Waals surface area contributed by atoms with Crippen molar-refractivity contribution in [3.8, 4) is 11.5 Å². The van der Waals surface area contributed by atoms with Crippen molar-refractivity contribution >= 4 is 0 Å². The van der Waals surface area contributed by atoms with Gasteiger partial charge < -0.3 is 14.8 Å². The summed E-state index contributed by atoms with van der Waals surface area (Å²) in [4.78, 5) is 0. The average molecular weight is 221 g/mol. The first-order valence-electron chi connectivity index (χ1n) is 5.83. The molecule has 3 heteroatoms. The molecular formula is C13H19NO2. The van der Waals surface area contributed by atoms with Gasteiger partial charge in [-0.05, 0) is 45.0 Å². The molecule has 0 bridgehead atoms. The van der Waals surface area contributed by atoms with Crippen LogP contribution < -0.4 is 14.8 Å². The van der Waals surface area contributed by atoms with E-state index in [0.29, 0.717) is 0 Å². The number of fused-ring (bicyclic) bond motifs is 1. The molecule has 88 valence electrons. The highest BCUT2D eigenvalue weighted by Gasteiger charge is 2.17. The molecule has 0 spiro atoms. The Hall–Kier alpha value is -1.22. The summed E-state index contributed by atoms with van der Waals surface area (Å²) in [5, 5.41) is 3.18. The van der Waals surface area contributed by atoms with Crippen molar-refractivity contribution in [2.75, 3.05) is 27.3 Å². The summed E-state index contributed by atoms with van der Waals surface area (Å²) < 4.78 is 11.1. The van der Waals surface area contributed by atoms with Crippen LogP contribution in [0.3, 0.4) is 0 Å². The number of likely N-dealkylation sites (N-methyl/N-ethyl adjacent to an activating group) is 1. The molecule has 0 fully saturated rings. The van der Waals surface area contributed by atoms with Crippen molar-refractivity contribution in [2.24, 2.45) is 0 Å². The third-order valence-electron chi connectivity index (χ3n) is 3.02. The summed E-state index contributed by atoms with van der Waals surface area (Å²) in [7, 11) is 3.70. The summed E-state index contributed by atoms with van der Waals surface area (Å²) in [6.45, 7) is 1.80. The molecule has 1 aliphatic heterocycles. The van der Waals surface area contributed by atoms with Crippen molar-refractivity contribution < 1.29 is 9.47 Å². The maximum absolute atomic E-state index is 5.67. The third kappa shape index (κ3) is 2.14. The van der Waals surface area contributed by atoms with Crippen LogP contribution in [-0.4, -0.2) is 27.3 Å². The maximum Gasteiger partial charge on any atom is 0.123 e. The van der Waals surface area contributed by atoms with Gasteiger partial charge in [0.25, 0.3) is 0 Å². The highest BCUT2D eigenvalue weighted by atomic mass is 16.5. The van der Waals surface area contributed by atoms with Gasteiger partial charge in [0.1, 0.15) is 11.5 Å². The molecule has 0 aliphatic carbocycles. The Bertz CT molecular complexity index is 363. The highest BCUT2D eigenvalue weighted by molar-refractivity contribution is 5.49. The first kappa shape index (κ1) is 11.3. The van der Waals surface area contributed by atoms with Gasteiger partial charge in [-0.3, -0.25) is 0 Å². The second-order valence-electron chi connectivity index (χ2n) is 4.03.